The van der Waals surface area contributed by atoms with E-state index < -0.39 is 5.97 Å². The fraction of sp³-hybridized carbons (Fsp3) is 0.125. The molecule has 0 spiro atoms. The van der Waals surface area contributed by atoms with Crippen LogP contribution in [0.2, 0.25) is 0 Å². The van der Waals surface area contributed by atoms with Gasteiger partial charge in [-0.1, -0.05) is 30.3 Å². The van der Waals surface area contributed by atoms with Gasteiger partial charge in [-0.15, -0.1) is 0 Å². The lowest BCUT2D eigenvalue weighted by molar-refractivity contribution is 0.0527. The summed E-state index contributed by atoms with van der Waals surface area (Å²) in [6.45, 7) is 2.06. The lowest BCUT2D eigenvalue weighted by Crippen LogP contribution is -2.08. The van der Waals surface area contributed by atoms with Crippen LogP contribution in [0.1, 0.15) is 17.3 Å². The summed E-state index contributed by atoms with van der Waals surface area (Å²) in [5.41, 5.74) is 7.10. The summed E-state index contributed by atoms with van der Waals surface area (Å²) < 4.78 is 6.50. The first-order chi connectivity index (χ1) is 10.2. The summed E-state index contributed by atoms with van der Waals surface area (Å²) in [6, 6.07) is 13.9. The van der Waals surface area contributed by atoms with Gasteiger partial charge in [0.2, 0.25) is 0 Å². The Balaban J connectivity index is 2.04. The number of hydrogen-bond donors (Lipinski definition) is 1. The molecule has 21 heavy (non-hydrogen) atoms. The fourth-order valence-corrected chi connectivity index (χ4v) is 2.24. The van der Waals surface area contributed by atoms with E-state index in [1.165, 1.54) is 6.20 Å². The molecule has 0 aliphatic rings. The van der Waals surface area contributed by atoms with Crippen LogP contribution in [0.5, 0.6) is 0 Å². The van der Waals surface area contributed by atoms with Crippen molar-refractivity contribution in [3.05, 3.63) is 54.2 Å². The van der Waals surface area contributed by atoms with E-state index >= 15 is 0 Å². The van der Waals surface area contributed by atoms with Crippen LogP contribution < -0.4 is 5.73 Å². The van der Waals surface area contributed by atoms with E-state index in [2.05, 4.69) is 5.10 Å². The molecule has 0 fully saturated rings. The van der Waals surface area contributed by atoms with E-state index in [0.29, 0.717) is 6.61 Å². The highest BCUT2D eigenvalue weighted by atomic mass is 16.5. The third kappa shape index (κ3) is 2.33. The summed E-state index contributed by atoms with van der Waals surface area (Å²) >= 11 is 0. The summed E-state index contributed by atoms with van der Waals surface area (Å²) in [5, 5.41) is 6.41. The van der Waals surface area contributed by atoms with Crippen molar-refractivity contribution >= 4 is 22.6 Å². The first-order valence-electron chi connectivity index (χ1n) is 6.70. The Kier molecular flexibility index (Phi) is 3.31. The summed E-state index contributed by atoms with van der Waals surface area (Å²) in [6.07, 6.45) is 1.43. The van der Waals surface area contributed by atoms with Gasteiger partial charge in [0, 0.05) is 0 Å². The van der Waals surface area contributed by atoms with Gasteiger partial charge in [-0.2, -0.15) is 5.10 Å². The third-order valence-electron chi connectivity index (χ3n) is 3.28. The van der Waals surface area contributed by atoms with Crippen molar-refractivity contribution < 1.29 is 9.53 Å². The first kappa shape index (κ1) is 13.2. The number of anilines is 1. The number of esters is 1. The average molecular weight is 281 g/mol. The molecular formula is C16H15N3O2. The van der Waals surface area contributed by atoms with Crippen LogP contribution in [-0.4, -0.2) is 22.4 Å². The second-order valence-corrected chi connectivity index (χ2v) is 4.61. The highest BCUT2D eigenvalue weighted by Gasteiger charge is 2.17. The zero-order valence-corrected chi connectivity index (χ0v) is 11.6. The molecule has 1 heterocycles. The van der Waals surface area contributed by atoms with Crippen LogP contribution in [0.25, 0.3) is 16.5 Å². The maximum absolute atomic E-state index is 11.8. The minimum Gasteiger partial charge on any atom is -0.462 e. The molecule has 1 aromatic heterocycles. The van der Waals surface area contributed by atoms with Crippen LogP contribution in [-0.2, 0) is 4.74 Å². The van der Waals surface area contributed by atoms with Gasteiger partial charge in [0.1, 0.15) is 11.4 Å². The maximum Gasteiger partial charge on any atom is 0.343 e. The molecule has 0 atom stereocenters. The first-order valence-corrected chi connectivity index (χ1v) is 6.70. The molecule has 0 amide bonds. The summed E-state index contributed by atoms with van der Waals surface area (Å²) in [5.74, 6) is -0.175. The van der Waals surface area contributed by atoms with Crippen molar-refractivity contribution in [2.45, 2.75) is 6.92 Å². The fourth-order valence-electron chi connectivity index (χ4n) is 2.24. The minimum absolute atomic E-state index is 0.281. The van der Waals surface area contributed by atoms with Crippen molar-refractivity contribution in [3.8, 4) is 5.69 Å². The van der Waals surface area contributed by atoms with Crippen LogP contribution >= 0.6 is 0 Å². The molecule has 3 aromatic rings. The van der Waals surface area contributed by atoms with Crippen LogP contribution in [0.15, 0.2) is 48.7 Å². The number of hydrogen-bond acceptors (Lipinski definition) is 4. The predicted octanol–water partition coefficient (Wildman–Crippen LogP) is 2.78. The Morgan fingerprint density at radius 2 is 2.00 bits per heavy atom. The number of nitrogens with zero attached hydrogens (tertiary/aromatic N) is 2. The number of carbonyl (C=O) groups is 1. The number of aromatic nitrogens is 2. The zero-order valence-electron chi connectivity index (χ0n) is 11.6. The molecule has 0 radical (unpaired) electrons. The monoisotopic (exact) mass is 281 g/mol. The van der Waals surface area contributed by atoms with Gasteiger partial charge in [0.25, 0.3) is 0 Å². The SMILES string of the molecule is CCOC(=O)c1cnn(-c2ccc3ccccc3c2)c1N. The average Bonchev–Trinajstić information content (AvgIpc) is 2.89. The van der Waals surface area contributed by atoms with E-state index in [4.69, 9.17) is 10.5 Å². The Bertz CT molecular complexity index is 808. The molecule has 0 bridgehead atoms. The van der Waals surface area contributed by atoms with Crippen LogP contribution in [0.4, 0.5) is 5.82 Å². The molecule has 0 aliphatic carbocycles. The van der Waals surface area contributed by atoms with Gasteiger partial charge in [-0.3, -0.25) is 0 Å². The van der Waals surface area contributed by atoms with Crippen LogP contribution in [0.3, 0.4) is 0 Å². The van der Waals surface area contributed by atoms with E-state index in [0.717, 1.165) is 16.5 Å². The summed E-state index contributed by atoms with van der Waals surface area (Å²) in [4.78, 5) is 11.8. The van der Waals surface area contributed by atoms with Gasteiger partial charge in [-0.25, -0.2) is 9.48 Å². The maximum atomic E-state index is 11.8. The van der Waals surface area contributed by atoms with Crippen molar-refractivity contribution in [3.63, 3.8) is 0 Å². The number of nitrogen functional groups attached to an aromatic ring is 1. The highest BCUT2D eigenvalue weighted by Crippen LogP contribution is 2.22. The Morgan fingerprint density at radius 1 is 1.24 bits per heavy atom. The standard InChI is InChI=1S/C16H15N3O2/c1-2-21-16(20)14-10-18-19(15(14)17)13-8-7-11-5-3-4-6-12(11)9-13/h3-10H,2,17H2,1H3. The molecule has 0 unspecified atom stereocenters. The van der Waals surface area contributed by atoms with E-state index in [-0.39, 0.29) is 11.4 Å². The topological polar surface area (TPSA) is 70.1 Å². The van der Waals surface area contributed by atoms with Crippen molar-refractivity contribution in [2.75, 3.05) is 12.3 Å². The molecule has 0 saturated heterocycles. The van der Waals surface area contributed by atoms with E-state index in [9.17, 15) is 4.79 Å². The van der Waals surface area contributed by atoms with Gasteiger partial charge >= 0.3 is 5.97 Å². The largest absolute Gasteiger partial charge is 0.462 e. The molecule has 0 saturated carbocycles. The highest BCUT2D eigenvalue weighted by molar-refractivity contribution is 5.94. The van der Waals surface area contributed by atoms with E-state index in [1.807, 2.05) is 42.5 Å². The minimum atomic E-state index is -0.456. The third-order valence-corrected chi connectivity index (χ3v) is 3.28. The zero-order chi connectivity index (χ0) is 14.8. The quantitative estimate of drug-likeness (QED) is 0.749. The predicted molar refractivity (Wildman–Crippen MR) is 81.4 cm³/mol. The normalized spacial score (nSPS) is 10.7. The Hall–Kier alpha value is -2.82. The molecule has 5 nitrogen and oxygen atoms in total. The number of benzene rings is 2. The van der Waals surface area contributed by atoms with E-state index in [1.54, 1.807) is 11.6 Å². The Morgan fingerprint density at radius 3 is 2.76 bits per heavy atom. The molecule has 2 N–H and O–H groups in total. The molecule has 0 aliphatic heterocycles. The van der Waals surface area contributed by atoms with Crippen molar-refractivity contribution in [2.24, 2.45) is 0 Å². The second-order valence-electron chi connectivity index (χ2n) is 4.61. The number of fused-ring (bicyclic) bond motifs is 1. The molecule has 5 heteroatoms. The number of rotatable bonds is 3. The van der Waals surface area contributed by atoms with Gasteiger partial charge < -0.3 is 10.5 Å². The van der Waals surface area contributed by atoms with Gasteiger partial charge in [0.15, 0.2) is 0 Å². The van der Waals surface area contributed by atoms with Crippen molar-refractivity contribution in [1.29, 1.82) is 0 Å². The van der Waals surface area contributed by atoms with Gasteiger partial charge in [0.05, 0.1) is 18.5 Å². The summed E-state index contributed by atoms with van der Waals surface area (Å²) in [7, 11) is 0. The number of nitrogens with two attached hydrogens (primary N) is 1. The molecule has 3 rings (SSSR count). The number of carbonyl (C=O) groups excluding carboxylic acids is 1. The number of ether oxygens (including phenoxy) is 1. The van der Waals surface area contributed by atoms with Crippen molar-refractivity contribution in [1.82, 2.24) is 9.78 Å². The smallest absolute Gasteiger partial charge is 0.343 e. The lowest BCUT2D eigenvalue weighted by atomic mass is 10.1. The Labute approximate surface area is 121 Å². The van der Waals surface area contributed by atoms with Crippen LogP contribution in [0, 0.1) is 0 Å². The lowest BCUT2D eigenvalue weighted by Gasteiger charge is -2.06. The molecule has 106 valence electrons. The molecular weight excluding hydrogens is 266 g/mol. The molecule has 2 aromatic carbocycles. The van der Waals surface area contributed by atoms with Gasteiger partial charge in [-0.05, 0) is 29.8 Å². The second kappa shape index (κ2) is 5.28.